The number of nitriles is 1. The van der Waals surface area contributed by atoms with E-state index in [1.807, 2.05) is 16.9 Å². The predicted molar refractivity (Wildman–Crippen MR) is 63.9 cm³/mol. The Balaban J connectivity index is 2.20. The number of rotatable bonds is 7. The Morgan fingerprint density at radius 1 is 1.44 bits per heavy atom. The van der Waals surface area contributed by atoms with Crippen LogP contribution in [-0.2, 0) is 0 Å². The number of nitrogens with zero attached hydrogens (tertiary/aromatic N) is 3. The molecular weight excluding hydrogens is 200 g/mol. The van der Waals surface area contributed by atoms with Gasteiger partial charge in [-0.15, -0.1) is 0 Å². The maximum Gasteiger partial charge on any atom is 0.0641 e. The van der Waals surface area contributed by atoms with Crippen LogP contribution >= 0.6 is 0 Å². The van der Waals surface area contributed by atoms with Gasteiger partial charge in [0.2, 0.25) is 0 Å². The molecule has 0 aromatic carbocycles. The molecule has 1 aromatic heterocycles. The van der Waals surface area contributed by atoms with Gasteiger partial charge < -0.3 is 5.32 Å². The minimum absolute atomic E-state index is 0.353. The van der Waals surface area contributed by atoms with Gasteiger partial charge in [-0.3, -0.25) is 4.68 Å². The molecule has 0 saturated heterocycles. The minimum atomic E-state index is 0.353. The molecule has 0 fully saturated rings. The van der Waals surface area contributed by atoms with Crippen molar-refractivity contribution in [3.8, 4) is 6.07 Å². The second kappa shape index (κ2) is 7.02. The molecule has 0 amide bonds. The fourth-order valence-electron chi connectivity index (χ4n) is 1.58. The largest absolute Gasteiger partial charge is 0.312 e. The highest BCUT2D eigenvalue weighted by Crippen LogP contribution is 2.08. The molecule has 0 unspecified atom stereocenters. The van der Waals surface area contributed by atoms with E-state index in [1.165, 1.54) is 0 Å². The van der Waals surface area contributed by atoms with Crippen molar-refractivity contribution in [1.82, 2.24) is 15.1 Å². The van der Waals surface area contributed by atoms with Gasteiger partial charge in [-0.2, -0.15) is 10.4 Å². The van der Waals surface area contributed by atoms with E-state index in [2.05, 4.69) is 30.3 Å². The second-order valence-electron chi connectivity index (χ2n) is 4.08. The first kappa shape index (κ1) is 12.7. The number of unbranched alkanes of at least 4 members (excludes halogenated alkanes) is 2. The lowest BCUT2D eigenvalue weighted by Gasteiger charge is -2.21. The zero-order chi connectivity index (χ0) is 11.8. The van der Waals surface area contributed by atoms with Gasteiger partial charge in [0, 0.05) is 24.9 Å². The van der Waals surface area contributed by atoms with Crippen molar-refractivity contribution in [1.29, 1.82) is 5.26 Å². The minimum Gasteiger partial charge on any atom is -0.312 e. The molecule has 0 aliphatic rings. The number of hydrogen-bond acceptors (Lipinski definition) is 3. The summed E-state index contributed by atoms with van der Waals surface area (Å²) < 4.78 is 1.97. The van der Waals surface area contributed by atoms with E-state index in [-0.39, 0.29) is 0 Å². The van der Waals surface area contributed by atoms with E-state index in [0.29, 0.717) is 18.5 Å². The normalized spacial score (nSPS) is 14.3. The lowest BCUT2D eigenvalue weighted by Crippen LogP contribution is -2.34. The van der Waals surface area contributed by atoms with Crippen LogP contribution in [-0.4, -0.2) is 22.4 Å². The van der Waals surface area contributed by atoms with Crippen LogP contribution in [0.4, 0.5) is 0 Å². The zero-order valence-corrected chi connectivity index (χ0v) is 10.1. The maximum atomic E-state index is 8.41. The molecular formula is C12H20N4. The van der Waals surface area contributed by atoms with E-state index in [4.69, 9.17) is 5.26 Å². The third kappa shape index (κ3) is 4.03. The number of hydrogen-bond donors (Lipinski definition) is 1. The lowest BCUT2D eigenvalue weighted by atomic mass is 10.1. The van der Waals surface area contributed by atoms with Gasteiger partial charge in [0.1, 0.15) is 0 Å². The molecule has 4 nitrogen and oxygen atoms in total. The molecule has 0 radical (unpaired) electrons. The van der Waals surface area contributed by atoms with Crippen LogP contribution in [0.5, 0.6) is 0 Å². The highest BCUT2D eigenvalue weighted by molar-refractivity contribution is 4.83. The summed E-state index contributed by atoms with van der Waals surface area (Å²) in [7, 11) is 0. The average Bonchev–Trinajstić information content (AvgIpc) is 2.81. The van der Waals surface area contributed by atoms with E-state index in [0.717, 1.165) is 19.4 Å². The summed E-state index contributed by atoms with van der Waals surface area (Å²) in [4.78, 5) is 0. The Labute approximate surface area is 97.3 Å². The van der Waals surface area contributed by atoms with Crippen molar-refractivity contribution in [2.45, 2.75) is 45.2 Å². The molecule has 0 aliphatic carbocycles. The zero-order valence-electron chi connectivity index (χ0n) is 10.1. The SMILES string of the molecule is C[C@@H](NCCCCC#N)[C@H](C)n1cccn1. The van der Waals surface area contributed by atoms with Crippen molar-refractivity contribution in [2.24, 2.45) is 0 Å². The van der Waals surface area contributed by atoms with Crippen molar-refractivity contribution in [3.05, 3.63) is 18.5 Å². The Hall–Kier alpha value is -1.34. The van der Waals surface area contributed by atoms with Crippen molar-refractivity contribution < 1.29 is 0 Å². The third-order valence-electron chi connectivity index (χ3n) is 2.85. The van der Waals surface area contributed by atoms with E-state index < -0.39 is 0 Å². The Bertz CT molecular complexity index is 312. The van der Waals surface area contributed by atoms with E-state index in [1.54, 1.807) is 6.20 Å². The van der Waals surface area contributed by atoms with E-state index in [9.17, 15) is 0 Å². The Morgan fingerprint density at radius 2 is 2.25 bits per heavy atom. The van der Waals surface area contributed by atoms with Crippen molar-refractivity contribution in [2.75, 3.05) is 6.54 Å². The Kier molecular flexibility index (Phi) is 5.58. The summed E-state index contributed by atoms with van der Waals surface area (Å²) in [6, 6.07) is 4.84. The predicted octanol–water partition coefficient (Wildman–Crippen LogP) is 2.12. The summed E-state index contributed by atoms with van der Waals surface area (Å²) in [5, 5.41) is 16.1. The molecule has 2 atom stereocenters. The van der Waals surface area contributed by atoms with Gasteiger partial charge in [-0.1, -0.05) is 0 Å². The van der Waals surface area contributed by atoms with E-state index >= 15 is 0 Å². The molecule has 4 heteroatoms. The van der Waals surface area contributed by atoms with Gasteiger partial charge in [0.05, 0.1) is 12.1 Å². The monoisotopic (exact) mass is 220 g/mol. The molecule has 1 heterocycles. The fourth-order valence-corrected chi connectivity index (χ4v) is 1.58. The van der Waals surface area contributed by atoms with Crippen LogP contribution < -0.4 is 5.32 Å². The van der Waals surface area contributed by atoms with Crippen LogP contribution in [0.15, 0.2) is 18.5 Å². The third-order valence-corrected chi connectivity index (χ3v) is 2.85. The van der Waals surface area contributed by atoms with Crippen LogP contribution in [0.2, 0.25) is 0 Å². The standard InChI is InChI=1S/C12H20N4/c1-11(14-8-5-3-4-7-13)12(2)16-10-6-9-15-16/h6,9-12,14H,3-5,8H2,1-2H3/t11-,12+/m1/s1. The van der Waals surface area contributed by atoms with Crippen molar-refractivity contribution >= 4 is 0 Å². The average molecular weight is 220 g/mol. The first-order chi connectivity index (χ1) is 7.75. The van der Waals surface area contributed by atoms with Crippen LogP contribution in [0.1, 0.15) is 39.2 Å². The second-order valence-corrected chi connectivity index (χ2v) is 4.08. The first-order valence-corrected chi connectivity index (χ1v) is 5.85. The van der Waals surface area contributed by atoms with Crippen LogP contribution in [0, 0.1) is 11.3 Å². The van der Waals surface area contributed by atoms with Gasteiger partial charge in [-0.25, -0.2) is 0 Å². The highest BCUT2D eigenvalue weighted by atomic mass is 15.3. The van der Waals surface area contributed by atoms with Gasteiger partial charge in [0.15, 0.2) is 0 Å². The summed E-state index contributed by atoms with van der Waals surface area (Å²) in [6.07, 6.45) is 6.48. The molecule has 1 N–H and O–H groups in total. The van der Waals surface area contributed by atoms with Gasteiger partial charge in [-0.05, 0) is 39.3 Å². The molecule has 16 heavy (non-hydrogen) atoms. The number of nitrogens with one attached hydrogen (secondary N) is 1. The summed E-state index contributed by atoms with van der Waals surface area (Å²) in [5.41, 5.74) is 0. The number of aromatic nitrogens is 2. The highest BCUT2D eigenvalue weighted by Gasteiger charge is 2.12. The Morgan fingerprint density at radius 3 is 2.88 bits per heavy atom. The summed E-state index contributed by atoms with van der Waals surface area (Å²) in [5.74, 6) is 0. The molecule has 88 valence electrons. The molecule has 0 bridgehead atoms. The summed E-state index contributed by atoms with van der Waals surface area (Å²) >= 11 is 0. The van der Waals surface area contributed by atoms with Crippen LogP contribution in [0.3, 0.4) is 0 Å². The summed E-state index contributed by atoms with van der Waals surface area (Å²) in [6.45, 7) is 5.28. The smallest absolute Gasteiger partial charge is 0.0641 e. The van der Waals surface area contributed by atoms with Crippen molar-refractivity contribution in [3.63, 3.8) is 0 Å². The topological polar surface area (TPSA) is 53.6 Å². The van der Waals surface area contributed by atoms with Gasteiger partial charge in [0.25, 0.3) is 0 Å². The van der Waals surface area contributed by atoms with Gasteiger partial charge >= 0.3 is 0 Å². The molecule has 1 aromatic rings. The molecule has 0 spiro atoms. The molecule has 0 aliphatic heterocycles. The fraction of sp³-hybridized carbons (Fsp3) is 0.667. The van der Waals surface area contributed by atoms with Crippen LogP contribution in [0.25, 0.3) is 0 Å². The molecule has 0 saturated carbocycles. The molecule has 1 rings (SSSR count). The first-order valence-electron chi connectivity index (χ1n) is 5.85. The maximum absolute atomic E-state index is 8.41. The quantitative estimate of drug-likeness (QED) is 0.716. The lowest BCUT2D eigenvalue weighted by molar-refractivity contribution is 0.364.